The van der Waals surface area contributed by atoms with Crippen molar-refractivity contribution < 1.29 is 13.5 Å². The average Bonchev–Trinajstić information content (AvgIpc) is 2.30. The summed E-state index contributed by atoms with van der Waals surface area (Å²) < 4.78 is 25.9. The molecule has 1 unspecified atom stereocenters. The van der Waals surface area contributed by atoms with Gasteiger partial charge in [0.15, 0.2) is 0 Å². The zero-order valence-corrected chi connectivity index (χ0v) is 10.7. The maximum Gasteiger partial charge on any atom is 0.212 e. The molecule has 0 saturated heterocycles. The zero-order valence-electron chi connectivity index (χ0n) is 9.83. The number of sulfonamides is 1. The second-order valence-electron chi connectivity index (χ2n) is 3.88. The maximum atomic E-state index is 11.7. The van der Waals surface area contributed by atoms with Crippen LogP contribution >= 0.6 is 0 Å². The molecular weight excluding hydrogens is 240 g/mol. The van der Waals surface area contributed by atoms with Crippen molar-refractivity contribution in [2.45, 2.75) is 25.8 Å². The molecular formula is C11H18N2O3S. The van der Waals surface area contributed by atoms with Crippen LogP contribution in [-0.4, -0.2) is 30.9 Å². The van der Waals surface area contributed by atoms with Crippen LogP contribution in [0.15, 0.2) is 24.5 Å². The summed E-state index contributed by atoms with van der Waals surface area (Å²) in [4.78, 5) is 3.94. The van der Waals surface area contributed by atoms with Crippen LogP contribution in [0.1, 0.15) is 31.4 Å². The molecule has 0 aromatic carbocycles. The summed E-state index contributed by atoms with van der Waals surface area (Å²) in [6.07, 6.45) is 4.25. The molecule has 0 spiro atoms. The fourth-order valence-electron chi connectivity index (χ4n) is 1.43. The van der Waals surface area contributed by atoms with Gasteiger partial charge in [0.25, 0.3) is 0 Å². The van der Waals surface area contributed by atoms with Gasteiger partial charge in [0, 0.05) is 25.0 Å². The SMILES string of the molecule is CC(NS(=O)(=O)CCCCO)c1cccnc1. The molecule has 1 heterocycles. The highest BCUT2D eigenvalue weighted by Gasteiger charge is 2.15. The topological polar surface area (TPSA) is 79.3 Å². The van der Waals surface area contributed by atoms with Crippen molar-refractivity contribution in [2.24, 2.45) is 0 Å². The Bertz CT molecular complexity index is 420. The third kappa shape index (κ3) is 5.25. The number of hydrogen-bond acceptors (Lipinski definition) is 4. The molecule has 0 radical (unpaired) electrons. The number of hydrogen-bond donors (Lipinski definition) is 2. The molecule has 2 N–H and O–H groups in total. The number of rotatable bonds is 7. The van der Waals surface area contributed by atoms with Gasteiger partial charge < -0.3 is 5.11 Å². The van der Waals surface area contributed by atoms with Gasteiger partial charge in [0.1, 0.15) is 0 Å². The molecule has 0 saturated carbocycles. The molecule has 1 aromatic heterocycles. The minimum absolute atomic E-state index is 0.0215. The van der Waals surface area contributed by atoms with Crippen molar-refractivity contribution in [1.82, 2.24) is 9.71 Å². The molecule has 0 bridgehead atoms. The van der Waals surface area contributed by atoms with Crippen molar-refractivity contribution in [3.63, 3.8) is 0 Å². The number of aliphatic hydroxyl groups is 1. The Labute approximate surface area is 102 Å². The van der Waals surface area contributed by atoms with Gasteiger partial charge in [-0.15, -0.1) is 0 Å². The van der Waals surface area contributed by atoms with E-state index in [4.69, 9.17) is 5.11 Å². The molecule has 96 valence electrons. The highest BCUT2D eigenvalue weighted by molar-refractivity contribution is 7.89. The van der Waals surface area contributed by atoms with E-state index in [0.29, 0.717) is 12.8 Å². The van der Waals surface area contributed by atoms with Crippen LogP contribution in [0.3, 0.4) is 0 Å². The number of nitrogens with zero attached hydrogens (tertiary/aromatic N) is 1. The minimum Gasteiger partial charge on any atom is -0.396 e. The second kappa shape index (κ2) is 6.68. The van der Waals surface area contributed by atoms with E-state index in [9.17, 15) is 8.42 Å². The van der Waals surface area contributed by atoms with E-state index >= 15 is 0 Å². The molecule has 17 heavy (non-hydrogen) atoms. The third-order valence-electron chi connectivity index (χ3n) is 2.36. The Balaban J connectivity index is 2.53. The van der Waals surface area contributed by atoms with Crippen molar-refractivity contribution in [3.8, 4) is 0 Å². The van der Waals surface area contributed by atoms with E-state index in [1.807, 2.05) is 6.07 Å². The van der Waals surface area contributed by atoms with Crippen LogP contribution in [0.25, 0.3) is 0 Å². The molecule has 1 rings (SSSR count). The summed E-state index contributed by atoms with van der Waals surface area (Å²) in [6, 6.07) is 3.31. The Kier molecular flexibility index (Phi) is 5.54. The predicted octanol–water partition coefficient (Wildman–Crippen LogP) is 0.834. The lowest BCUT2D eigenvalue weighted by molar-refractivity contribution is 0.287. The van der Waals surface area contributed by atoms with Gasteiger partial charge in [-0.25, -0.2) is 13.1 Å². The van der Waals surface area contributed by atoms with Gasteiger partial charge in [-0.3, -0.25) is 4.98 Å². The van der Waals surface area contributed by atoms with Crippen LogP contribution in [0, 0.1) is 0 Å². The summed E-state index contributed by atoms with van der Waals surface area (Å²) >= 11 is 0. The van der Waals surface area contributed by atoms with E-state index in [2.05, 4.69) is 9.71 Å². The lowest BCUT2D eigenvalue weighted by Crippen LogP contribution is -2.29. The third-order valence-corrected chi connectivity index (χ3v) is 3.90. The first-order chi connectivity index (χ1) is 8.05. The normalized spacial score (nSPS) is 13.5. The fraction of sp³-hybridized carbons (Fsp3) is 0.545. The summed E-state index contributed by atoms with van der Waals surface area (Å²) in [6.45, 7) is 1.80. The number of pyridine rings is 1. The minimum atomic E-state index is -3.29. The number of unbranched alkanes of at least 4 members (excludes halogenated alkanes) is 1. The van der Waals surface area contributed by atoms with Gasteiger partial charge in [-0.1, -0.05) is 6.07 Å². The van der Waals surface area contributed by atoms with Crippen molar-refractivity contribution in [1.29, 1.82) is 0 Å². The second-order valence-corrected chi connectivity index (χ2v) is 5.75. The van der Waals surface area contributed by atoms with E-state index in [0.717, 1.165) is 5.56 Å². The average molecular weight is 258 g/mol. The zero-order chi connectivity index (χ0) is 12.7. The summed E-state index contributed by atoms with van der Waals surface area (Å²) in [5.41, 5.74) is 0.832. The summed E-state index contributed by atoms with van der Waals surface area (Å²) in [7, 11) is -3.29. The summed E-state index contributed by atoms with van der Waals surface area (Å²) in [5, 5.41) is 8.60. The van der Waals surface area contributed by atoms with Gasteiger partial charge in [-0.2, -0.15) is 0 Å². The standard InChI is InChI=1S/C11H18N2O3S/c1-10(11-5-4-6-12-9-11)13-17(15,16)8-3-2-7-14/h4-6,9-10,13-14H,2-3,7-8H2,1H3. The molecule has 1 aromatic rings. The van der Waals surface area contributed by atoms with Gasteiger partial charge in [-0.05, 0) is 31.4 Å². The van der Waals surface area contributed by atoms with Crippen LogP contribution in [0.2, 0.25) is 0 Å². The van der Waals surface area contributed by atoms with Crippen LogP contribution in [-0.2, 0) is 10.0 Å². The molecule has 6 heteroatoms. The van der Waals surface area contributed by atoms with Gasteiger partial charge in [0.2, 0.25) is 10.0 Å². The highest BCUT2D eigenvalue weighted by atomic mass is 32.2. The molecule has 0 aliphatic heterocycles. The first-order valence-corrected chi connectivity index (χ1v) is 7.21. The first kappa shape index (κ1) is 14.1. The molecule has 0 aliphatic rings. The van der Waals surface area contributed by atoms with Gasteiger partial charge in [0.05, 0.1) is 5.75 Å². The number of aliphatic hydroxyl groups excluding tert-OH is 1. The lowest BCUT2D eigenvalue weighted by atomic mass is 10.2. The Morgan fingerprint density at radius 3 is 2.82 bits per heavy atom. The first-order valence-electron chi connectivity index (χ1n) is 5.56. The summed E-state index contributed by atoms with van der Waals surface area (Å²) in [5.74, 6) is 0.0398. The monoisotopic (exact) mass is 258 g/mol. The van der Waals surface area contributed by atoms with E-state index < -0.39 is 10.0 Å². The fourth-order valence-corrected chi connectivity index (χ4v) is 2.81. The van der Waals surface area contributed by atoms with Gasteiger partial charge >= 0.3 is 0 Å². The molecule has 5 nitrogen and oxygen atoms in total. The largest absolute Gasteiger partial charge is 0.396 e. The van der Waals surface area contributed by atoms with Crippen LogP contribution < -0.4 is 4.72 Å². The van der Waals surface area contributed by atoms with Crippen molar-refractivity contribution in [2.75, 3.05) is 12.4 Å². The van der Waals surface area contributed by atoms with Crippen molar-refractivity contribution >= 4 is 10.0 Å². The van der Waals surface area contributed by atoms with Crippen LogP contribution in [0.4, 0.5) is 0 Å². The molecule has 1 atom stereocenters. The number of nitrogens with one attached hydrogen (secondary N) is 1. The quantitative estimate of drug-likeness (QED) is 0.710. The van der Waals surface area contributed by atoms with E-state index in [1.54, 1.807) is 25.4 Å². The maximum absolute atomic E-state index is 11.7. The predicted molar refractivity (Wildman–Crippen MR) is 65.9 cm³/mol. The molecule has 0 fully saturated rings. The Morgan fingerprint density at radius 2 is 2.24 bits per heavy atom. The lowest BCUT2D eigenvalue weighted by Gasteiger charge is -2.13. The van der Waals surface area contributed by atoms with Crippen molar-refractivity contribution in [3.05, 3.63) is 30.1 Å². The van der Waals surface area contributed by atoms with Crippen LogP contribution in [0.5, 0.6) is 0 Å². The number of aromatic nitrogens is 1. The Morgan fingerprint density at radius 1 is 1.47 bits per heavy atom. The molecule has 0 aliphatic carbocycles. The highest BCUT2D eigenvalue weighted by Crippen LogP contribution is 2.11. The smallest absolute Gasteiger partial charge is 0.212 e. The van der Waals surface area contributed by atoms with E-state index in [1.165, 1.54) is 0 Å². The van der Waals surface area contributed by atoms with E-state index in [-0.39, 0.29) is 18.4 Å². The Hall–Kier alpha value is -0.980. The molecule has 0 amide bonds.